The first kappa shape index (κ1) is 16.7. The lowest BCUT2D eigenvalue weighted by Gasteiger charge is -2.15. The van der Waals surface area contributed by atoms with E-state index < -0.39 is 5.97 Å². The number of aryl methyl sites for hydroxylation is 1. The molecule has 0 aliphatic carbocycles. The van der Waals surface area contributed by atoms with E-state index in [1.165, 1.54) is 0 Å². The minimum absolute atomic E-state index is 0.255. The third kappa shape index (κ3) is 3.86. The number of anilines is 2. The molecule has 0 saturated carbocycles. The van der Waals surface area contributed by atoms with Crippen LogP contribution in [0.4, 0.5) is 11.4 Å². The van der Waals surface area contributed by atoms with E-state index in [1.807, 2.05) is 62.4 Å². The molecule has 0 saturated heterocycles. The zero-order chi connectivity index (χ0) is 17.8. The fourth-order valence-corrected chi connectivity index (χ4v) is 2.73. The molecule has 2 aromatic carbocycles. The number of aromatic nitrogens is 1. The summed E-state index contributed by atoms with van der Waals surface area (Å²) in [5.41, 5.74) is 5.98. The van der Waals surface area contributed by atoms with Crippen LogP contribution in [0.15, 0.2) is 60.8 Å². The molecule has 25 heavy (non-hydrogen) atoms. The molecular weight excluding hydrogens is 312 g/mol. The molecule has 0 unspecified atom stereocenters. The molecular formula is C21H20N2O2. The first-order valence-corrected chi connectivity index (χ1v) is 8.14. The van der Waals surface area contributed by atoms with Crippen molar-refractivity contribution in [2.75, 3.05) is 5.32 Å². The topological polar surface area (TPSA) is 62.2 Å². The number of nitrogens with one attached hydrogen (secondary N) is 1. The third-order valence-corrected chi connectivity index (χ3v) is 4.30. The maximum absolute atomic E-state index is 11.6. The second-order valence-corrected chi connectivity index (χ2v) is 6.06. The van der Waals surface area contributed by atoms with E-state index in [0.29, 0.717) is 12.1 Å². The SMILES string of the molecule is Cc1cccc(Nc2cc(Cc3ccccn3)ccc2C(=O)O)c1C. The number of aromatic carboxylic acids is 1. The van der Waals surface area contributed by atoms with Crippen molar-refractivity contribution in [1.29, 1.82) is 0 Å². The second-order valence-electron chi connectivity index (χ2n) is 6.06. The molecule has 0 aliphatic rings. The number of pyridine rings is 1. The van der Waals surface area contributed by atoms with Crippen LogP contribution in [0.1, 0.15) is 32.7 Å². The summed E-state index contributed by atoms with van der Waals surface area (Å²) in [6.45, 7) is 4.06. The molecule has 0 spiro atoms. The van der Waals surface area contributed by atoms with Crippen molar-refractivity contribution < 1.29 is 9.90 Å². The molecule has 3 rings (SSSR count). The van der Waals surface area contributed by atoms with Gasteiger partial charge in [0.25, 0.3) is 0 Å². The Kier molecular flexibility index (Phi) is 4.80. The third-order valence-electron chi connectivity index (χ3n) is 4.30. The van der Waals surface area contributed by atoms with E-state index in [9.17, 15) is 9.90 Å². The van der Waals surface area contributed by atoms with Crippen molar-refractivity contribution in [1.82, 2.24) is 4.98 Å². The van der Waals surface area contributed by atoms with E-state index in [2.05, 4.69) is 10.3 Å². The molecule has 4 heteroatoms. The number of carbonyl (C=O) groups is 1. The predicted molar refractivity (Wildman–Crippen MR) is 99.6 cm³/mol. The maximum atomic E-state index is 11.6. The van der Waals surface area contributed by atoms with Crippen LogP contribution in [0.5, 0.6) is 0 Å². The Morgan fingerprint density at radius 2 is 1.88 bits per heavy atom. The molecule has 0 bridgehead atoms. The zero-order valence-corrected chi connectivity index (χ0v) is 14.3. The number of hydrogen-bond donors (Lipinski definition) is 2. The summed E-state index contributed by atoms with van der Waals surface area (Å²) in [4.78, 5) is 15.9. The molecule has 0 aliphatic heterocycles. The number of carboxylic acid groups (broad SMARTS) is 1. The highest BCUT2D eigenvalue weighted by Crippen LogP contribution is 2.27. The molecule has 126 valence electrons. The largest absolute Gasteiger partial charge is 0.478 e. The zero-order valence-electron chi connectivity index (χ0n) is 14.3. The maximum Gasteiger partial charge on any atom is 0.337 e. The van der Waals surface area contributed by atoms with Crippen molar-refractivity contribution in [2.24, 2.45) is 0 Å². The average Bonchev–Trinajstić information content (AvgIpc) is 2.60. The van der Waals surface area contributed by atoms with Gasteiger partial charge in [-0.2, -0.15) is 0 Å². The van der Waals surface area contributed by atoms with Crippen molar-refractivity contribution in [2.45, 2.75) is 20.3 Å². The lowest BCUT2D eigenvalue weighted by Crippen LogP contribution is -2.05. The fraction of sp³-hybridized carbons (Fsp3) is 0.143. The van der Waals surface area contributed by atoms with Crippen molar-refractivity contribution in [3.63, 3.8) is 0 Å². The number of nitrogens with zero attached hydrogens (tertiary/aromatic N) is 1. The Hall–Kier alpha value is -3.14. The molecule has 2 N–H and O–H groups in total. The van der Waals surface area contributed by atoms with Gasteiger partial charge < -0.3 is 10.4 Å². The molecule has 0 radical (unpaired) electrons. The number of carboxylic acids is 1. The Balaban J connectivity index is 1.96. The van der Waals surface area contributed by atoms with Gasteiger partial charge in [0.1, 0.15) is 0 Å². The van der Waals surface area contributed by atoms with Gasteiger partial charge in [-0.25, -0.2) is 4.79 Å². The summed E-state index contributed by atoms with van der Waals surface area (Å²) in [7, 11) is 0. The highest BCUT2D eigenvalue weighted by molar-refractivity contribution is 5.95. The van der Waals surface area contributed by atoms with Crippen molar-refractivity contribution >= 4 is 17.3 Å². The van der Waals surface area contributed by atoms with Crippen LogP contribution in [0.3, 0.4) is 0 Å². The van der Waals surface area contributed by atoms with Crippen molar-refractivity contribution in [3.8, 4) is 0 Å². The molecule has 0 atom stereocenters. The standard InChI is InChI=1S/C21H20N2O2/c1-14-6-5-8-19(15(14)2)23-20-13-16(9-10-18(20)21(24)25)12-17-7-3-4-11-22-17/h3-11,13,23H,12H2,1-2H3,(H,24,25). The van der Waals surface area contributed by atoms with Gasteiger partial charge in [0.05, 0.1) is 11.3 Å². The van der Waals surface area contributed by atoms with E-state index in [0.717, 1.165) is 28.1 Å². The highest BCUT2D eigenvalue weighted by Gasteiger charge is 2.13. The molecule has 3 aromatic rings. The van der Waals surface area contributed by atoms with Gasteiger partial charge >= 0.3 is 5.97 Å². The highest BCUT2D eigenvalue weighted by atomic mass is 16.4. The minimum Gasteiger partial charge on any atom is -0.478 e. The molecule has 1 heterocycles. The van der Waals surface area contributed by atoms with E-state index in [1.54, 1.807) is 12.3 Å². The molecule has 0 fully saturated rings. The normalized spacial score (nSPS) is 10.5. The van der Waals surface area contributed by atoms with Gasteiger partial charge in [-0.05, 0) is 60.9 Å². The lowest BCUT2D eigenvalue weighted by molar-refractivity contribution is 0.0698. The fourth-order valence-electron chi connectivity index (χ4n) is 2.73. The summed E-state index contributed by atoms with van der Waals surface area (Å²) < 4.78 is 0. The summed E-state index contributed by atoms with van der Waals surface area (Å²) in [6, 6.07) is 17.1. The van der Waals surface area contributed by atoms with Crippen LogP contribution < -0.4 is 5.32 Å². The Morgan fingerprint density at radius 3 is 2.60 bits per heavy atom. The van der Waals surface area contributed by atoms with Crippen LogP contribution in [0.25, 0.3) is 0 Å². The van der Waals surface area contributed by atoms with Crippen LogP contribution in [-0.4, -0.2) is 16.1 Å². The smallest absolute Gasteiger partial charge is 0.337 e. The van der Waals surface area contributed by atoms with Crippen LogP contribution >= 0.6 is 0 Å². The molecule has 0 amide bonds. The van der Waals surface area contributed by atoms with Gasteiger partial charge in [0, 0.05) is 24.0 Å². The van der Waals surface area contributed by atoms with E-state index >= 15 is 0 Å². The minimum atomic E-state index is -0.947. The van der Waals surface area contributed by atoms with Gasteiger partial charge in [0.2, 0.25) is 0 Å². The van der Waals surface area contributed by atoms with Gasteiger partial charge in [0.15, 0.2) is 0 Å². The van der Waals surface area contributed by atoms with Crippen LogP contribution in [-0.2, 0) is 6.42 Å². The molecule has 1 aromatic heterocycles. The van der Waals surface area contributed by atoms with Gasteiger partial charge in [-0.15, -0.1) is 0 Å². The van der Waals surface area contributed by atoms with E-state index in [-0.39, 0.29) is 5.56 Å². The Bertz CT molecular complexity index is 905. The van der Waals surface area contributed by atoms with Gasteiger partial charge in [-0.3, -0.25) is 4.98 Å². The number of hydrogen-bond acceptors (Lipinski definition) is 3. The Labute approximate surface area is 147 Å². The monoisotopic (exact) mass is 332 g/mol. The van der Waals surface area contributed by atoms with Gasteiger partial charge in [-0.1, -0.05) is 24.3 Å². The summed E-state index contributed by atoms with van der Waals surface area (Å²) >= 11 is 0. The van der Waals surface area contributed by atoms with Crippen LogP contribution in [0, 0.1) is 13.8 Å². The van der Waals surface area contributed by atoms with Crippen LogP contribution in [0.2, 0.25) is 0 Å². The summed E-state index contributed by atoms with van der Waals surface area (Å²) in [6.07, 6.45) is 2.42. The number of benzene rings is 2. The first-order valence-electron chi connectivity index (χ1n) is 8.14. The predicted octanol–water partition coefficient (Wildman–Crippen LogP) is 4.73. The van der Waals surface area contributed by atoms with E-state index in [4.69, 9.17) is 0 Å². The van der Waals surface area contributed by atoms with Crippen molar-refractivity contribution in [3.05, 3.63) is 88.7 Å². The Morgan fingerprint density at radius 1 is 1.04 bits per heavy atom. The lowest BCUT2D eigenvalue weighted by atomic mass is 10.0. The number of rotatable bonds is 5. The average molecular weight is 332 g/mol. The first-order chi connectivity index (χ1) is 12.0. The summed E-state index contributed by atoms with van der Waals surface area (Å²) in [5.74, 6) is -0.947. The second kappa shape index (κ2) is 7.18. The quantitative estimate of drug-likeness (QED) is 0.709. The molecule has 4 nitrogen and oxygen atoms in total. The summed E-state index contributed by atoms with van der Waals surface area (Å²) in [5, 5.41) is 12.8.